The fraction of sp³-hybridized carbons (Fsp3) is 0.129. The Labute approximate surface area is 515 Å². The number of aromatic nitrogens is 1. The predicted molar refractivity (Wildman–Crippen MR) is 378 cm³/mol. The van der Waals surface area contributed by atoms with Crippen LogP contribution in [-0.4, -0.2) is 11.3 Å². The van der Waals surface area contributed by atoms with Gasteiger partial charge in [-0.1, -0.05) is 238 Å². The van der Waals surface area contributed by atoms with Crippen LogP contribution in [0.2, 0.25) is 0 Å². The van der Waals surface area contributed by atoms with Crippen LogP contribution < -0.4 is 21.3 Å². The molecule has 0 saturated heterocycles. The smallest absolute Gasteiger partial charge is 0.247 e. The number of benzene rings is 14. The minimum Gasteiger partial charge on any atom is -0.310 e. The fourth-order valence-electron chi connectivity index (χ4n) is 17.1. The van der Waals surface area contributed by atoms with Crippen molar-refractivity contribution in [3.05, 3.63) is 298 Å². The lowest BCUT2D eigenvalue weighted by molar-refractivity contribution is 0.641. The van der Waals surface area contributed by atoms with E-state index in [1.807, 2.05) is 0 Å². The van der Waals surface area contributed by atoms with E-state index in [-0.39, 0.29) is 23.5 Å². The quantitative estimate of drug-likeness (QED) is 0.0877. The Morgan fingerprint density at radius 3 is 1.49 bits per heavy atom. The van der Waals surface area contributed by atoms with Crippen molar-refractivity contribution >= 4 is 121 Å². The molecule has 1 aromatic heterocycles. The van der Waals surface area contributed by atoms with Crippen molar-refractivity contribution in [3.8, 4) is 16.8 Å². The summed E-state index contributed by atoms with van der Waals surface area (Å²) >= 11 is 0. The van der Waals surface area contributed by atoms with E-state index in [1.54, 1.807) is 0 Å². The van der Waals surface area contributed by atoms with E-state index >= 15 is 0 Å². The third-order valence-corrected chi connectivity index (χ3v) is 21.3. The van der Waals surface area contributed by atoms with Gasteiger partial charge in [0.2, 0.25) is 6.71 Å². The highest BCUT2D eigenvalue weighted by atomic mass is 15.1. The zero-order valence-electron chi connectivity index (χ0n) is 51.2. The molecule has 1 unspecified atom stereocenters. The van der Waals surface area contributed by atoms with Crippen molar-refractivity contribution in [1.82, 2.24) is 4.57 Å². The molecule has 15 aromatic rings. The third-order valence-electron chi connectivity index (χ3n) is 21.3. The minimum absolute atomic E-state index is 0.0247. The molecule has 3 heteroatoms. The van der Waals surface area contributed by atoms with E-state index in [4.69, 9.17) is 6.58 Å². The Balaban J connectivity index is 0.990. The van der Waals surface area contributed by atoms with E-state index < -0.39 is 0 Å². The van der Waals surface area contributed by atoms with Crippen LogP contribution in [0, 0.1) is 27.7 Å². The summed E-state index contributed by atoms with van der Waals surface area (Å²) in [5, 5.41) is 15.5. The van der Waals surface area contributed by atoms with E-state index in [9.17, 15) is 0 Å². The van der Waals surface area contributed by atoms with E-state index in [0.717, 1.165) is 17.1 Å². The van der Waals surface area contributed by atoms with Crippen molar-refractivity contribution < 1.29 is 0 Å². The van der Waals surface area contributed by atoms with Crippen molar-refractivity contribution in [2.45, 2.75) is 72.1 Å². The van der Waals surface area contributed by atoms with Crippen LogP contribution in [-0.2, 0) is 10.8 Å². The molecule has 0 spiro atoms. The Hall–Kier alpha value is -9.96. The Morgan fingerprint density at radius 1 is 0.375 bits per heavy atom. The van der Waals surface area contributed by atoms with Crippen LogP contribution in [0.4, 0.5) is 17.1 Å². The fourth-order valence-corrected chi connectivity index (χ4v) is 17.1. The summed E-state index contributed by atoms with van der Waals surface area (Å²) < 4.78 is 2.73. The average molecular weight is 1130 g/mol. The molecule has 0 bridgehead atoms. The molecule has 418 valence electrons. The second-order valence-electron chi connectivity index (χ2n) is 27.1. The standard InChI is InChI=1S/C85H65BN2/c1-48-28-38-60-52(5)74-76-67(65(60)40-48)42-50(3)44-71(76)86-72-45-51(4)43-70-66-41-49(2)29-39-73(66)88(82(70)72)83-78-64-27-19-17-25-62(64)69-47-59(46-68-61-24-16-18-26-63(61)77(79(78)75(68)69)80(74)81(83)86)87(57-34-30-55(31-35-57)84(6,7)53-20-12-10-13-21-53)58-36-32-56(33-37-58)85(8,9)54-22-14-11-15-23-54/h10-47,74H,5H2,1-4,6-9H3. The maximum absolute atomic E-state index is 5.26. The first-order chi connectivity index (χ1) is 42.7. The molecule has 14 aromatic carbocycles. The molecule has 0 fully saturated rings. The van der Waals surface area contributed by atoms with Gasteiger partial charge in [-0.25, -0.2) is 0 Å². The lowest BCUT2D eigenvalue weighted by atomic mass is 9.30. The number of anilines is 3. The maximum atomic E-state index is 5.26. The van der Waals surface area contributed by atoms with Gasteiger partial charge < -0.3 is 9.47 Å². The predicted octanol–water partition coefficient (Wildman–Crippen LogP) is 20.3. The number of hydrogen-bond donors (Lipinski definition) is 0. The van der Waals surface area contributed by atoms with Gasteiger partial charge in [0, 0.05) is 60.9 Å². The van der Waals surface area contributed by atoms with Crippen LogP contribution in [0.3, 0.4) is 0 Å². The normalized spacial score (nSPS) is 14.2. The van der Waals surface area contributed by atoms with Gasteiger partial charge in [-0.3, -0.25) is 0 Å². The summed E-state index contributed by atoms with van der Waals surface area (Å²) in [6, 6.07) is 88.8. The number of fused-ring (bicyclic) bond motifs is 17. The lowest BCUT2D eigenvalue weighted by Gasteiger charge is -2.44. The molecule has 0 radical (unpaired) electrons. The second-order valence-corrected chi connectivity index (χ2v) is 27.1. The van der Waals surface area contributed by atoms with Gasteiger partial charge in [0.05, 0.1) is 11.2 Å². The van der Waals surface area contributed by atoms with Crippen LogP contribution in [0.25, 0.3) is 98.1 Å². The van der Waals surface area contributed by atoms with E-state index in [1.165, 1.54) is 176 Å². The average Bonchev–Trinajstić information content (AvgIpc) is 0.974. The van der Waals surface area contributed by atoms with Crippen LogP contribution >= 0.6 is 0 Å². The Bertz CT molecular complexity index is 5430. The molecule has 18 rings (SSSR count). The highest BCUT2D eigenvalue weighted by molar-refractivity contribution is 6.99. The Kier molecular flexibility index (Phi) is 10.5. The van der Waals surface area contributed by atoms with Gasteiger partial charge >= 0.3 is 0 Å². The molecule has 3 aliphatic rings. The third kappa shape index (κ3) is 6.85. The molecule has 0 N–H and O–H groups in total. The zero-order chi connectivity index (χ0) is 59.4. The first-order valence-electron chi connectivity index (χ1n) is 31.5. The van der Waals surface area contributed by atoms with Crippen LogP contribution in [0.15, 0.2) is 237 Å². The highest BCUT2D eigenvalue weighted by Crippen LogP contribution is 2.58. The monoisotopic (exact) mass is 1120 g/mol. The second kappa shape index (κ2) is 18.1. The summed E-state index contributed by atoms with van der Waals surface area (Å²) in [4.78, 5) is 2.52. The van der Waals surface area contributed by atoms with Gasteiger partial charge in [0.25, 0.3) is 0 Å². The number of hydrogen-bond acceptors (Lipinski definition) is 1. The molecule has 88 heavy (non-hydrogen) atoms. The summed E-state index contributed by atoms with van der Waals surface area (Å²) in [5.74, 6) is -0.0910. The van der Waals surface area contributed by atoms with Crippen molar-refractivity contribution in [2.75, 3.05) is 4.90 Å². The summed E-state index contributed by atoms with van der Waals surface area (Å²) in [7, 11) is 0. The highest BCUT2D eigenvalue weighted by Gasteiger charge is 2.48. The maximum Gasteiger partial charge on any atom is 0.247 e. The molecule has 2 aliphatic heterocycles. The summed E-state index contributed by atoms with van der Waals surface area (Å²) in [5.41, 5.74) is 29.2. The number of allylic oxidation sites excluding steroid dienone is 1. The van der Waals surface area contributed by atoms with Gasteiger partial charge in [0.1, 0.15) is 0 Å². The van der Waals surface area contributed by atoms with Gasteiger partial charge in [-0.15, -0.1) is 0 Å². The van der Waals surface area contributed by atoms with Gasteiger partial charge in [0.15, 0.2) is 0 Å². The molecular formula is C85H65BN2. The van der Waals surface area contributed by atoms with Gasteiger partial charge in [-0.05, 0) is 192 Å². The minimum atomic E-state index is -0.198. The lowest BCUT2D eigenvalue weighted by Crippen LogP contribution is -2.61. The first kappa shape index (κ1) is 51.3. The number of aryl methyl sites for hydroxylation is 4. The van der Waals surface area contributed by atoms with Crippen molar-refractivity contribution in [3.63, 3.8) is 0 Å². The summed E-state index contributed by atoms with van der Waals surface area (Å²) in [6.07, 6.45) is 0. The first-order valence-corrected chi connectivity index (χ1v) is 31.5. The summed E-state index contributed by atoms with van der Waals surface area (Å²) in [6.45, 7) is 23.7. The van der Waals surface area contributed by atoms with E-state index in [0.29, 0.717) is 0 Å². The molecule has 2 nitrogen and oxygen atoms in total. The van der Waals surface area contributed by atoms with Crippen LogP contribution in [0.5, 0.6) is 0 Å². The molecule has 1 atom stereocenters. The van der Waals surface area contributed by atoms with Crippen molar-refractivity contribution in [2.24, 2.45) is 0 Å². The van der Waals surface area contributed by atoms with Crippen LogP contribution in [0.1, 0.15) is 94.8 Å². The largest absolute Gasteiger partial charge is 0.310 e. The SMILES string of the molecule is C=C1c2ccc(C)cc2-c2cc(C)cc3c2C1c1c2c(c4c5ccccc5c5cc(N(c6ccc(C(C)(C)c7ccccc7)cc6)c6ccc(C(C)(C)c7ccccc7)cc6)cc6c7ccccc7c1c4c65)-n1c4ccc(C)cc4c4cc(C)cc(c41)B32. The molecular weight excluding hydrogens is 1060 g/mol. The Morgan fingerprint density at radius 2 is 0.875 bits per heavy atom. The molecule has 0 amide bonds. The van der Waals surface area contributed by atoms with Gasteiger partial charge in [-0.2, -0.15) is 0 Å². The number of rotatable bonds is 7. The topological polar surface area (TPSA) is 8.17 Å². The molecule has 1 aliphatic carbocycles. The molecule has 3 heterocycles. The van der Waals surface area contributed by atoms with Crippen molar-refractivity contribution in [1.29, 1.82) is 0 Å². The zero-order valence-corrected chi connectivity index (χ0v) is 51.2. The molecule has 0 saturated carbocycles. The number of nitrogens with zero attached hydrogens (tertiary/aromatic N) is 2. The van der Waals surface area contributed by atoms with E-state index in [2.05, 4.69) is 295 Å².